The van der Waals surface area contributed by atoms with E-state index in [1.807, 2.05) is 0 Å². The van der Waals surface area contributed by atoms with Crippen molar-refractivity contribution in [2.75, 3.05) is 11.9 Å². The first kappa shape index (κ1) is 20.0. The second-order valence-corrected chi connectivity index (χ2v) is 7.78. The van der Waals surface area contributed by atoms with E-state index >= 15 is 0 Å². The third-order valence-corrected chi connectivity index (χ3v) is 5.49. The number of benzene rings is 2. The molecule has 0 saturated carbocycles. The van der Waals surface area contributed by atoms with Gasteiger partial charge in [0.1, 0.15) is 0 Å². The molecular formula is C18H16N4O6S. The van der Waals surface area contributed by atoms with Crippen molar-refractivity contribution in [3.63, 3.8) is 0 Å². The molecule has 11 heteroatoms. The summed E-state index contributed by atoms with van der Waals surface area (Å²) < 4.78 is 25.2. The first-order chi connectivity index (χ1) is 13.7. The Kier molecular flexibility index (Phi) is 5.33. The Morgan fingerprint density at radius 1 is 0.931 bits per heavy atom. The van der Waals surface area contributed by atoms with E-state index in [4.69, 9.17) is 5.73 Å². The fraction of sp³-hybridized carbons (Fsp3) is 0.111. The molecule has 0 aliphatic carbocycles. The maximum Gasteiger partial charge on any atom is 0.326 e. The minimum absolute atomic E-state index is 0.0901. The third kappa shape index (κ3) is 4.24. The summed E-state index contributed by atoms with van der Waals surface area (Å²) in [5, 5.41) is 2.54. The lowest BCUT2D eigenvalue weighted by Gasteiger charge is -2.13. The second-order valence-electron chi connectivity index (χ2n) is 6.10. The molecule has 150 valence electrons. The molecule has 4 N–H and O–H groups in total. The van der Waals surface area contributed by atoms with Crippen molar-refractivity contribution in [2.45, 2.75) is 11.3 Å². The third-order valence-electron chi connectivity index (χ3n) is 4.12. The van der Waals surface area contributed by atoms with E-state index in [1.54, 1.807) is 29.0 Å². The highest BCUT2D eigenvalue weighted by Crippen LogP contribution is 2.22. The molecule has 0 bridgehead atoms. The minimum Gasteiger partial charge on any atom is -0.351 e. The number of sulfonamides is 1. The summed E-state index contributed by atoms with van der Waals surface area (Å²) in [7, 11) is -4.08. The number of carbonyl (C=O) groups excluding carboxylic acids is 4. The molecule has 29 heavy (non-hydrogen) atoms. The van der Waals surface area contributed by atoms with Crippen LogP contribution in [0.4, 0.5) is 10.5 Å². The van der Waals surface area contributed by atoms with E-state index in [-0.39, 0.29) is 17.9 Å². The van der Waals surface area contributed by atoms with Crippen LogP contribution in [0.15, 0.2) is 53.4 Å². The molecule has 2 aromatic rings. The normalized spacial score (nSPS) is 13.2. The summed E-state index contributed by atoms with van der Waals surface area (Å²) in [6.07, 6.45) is -0.130. The minimum atomic E-state index is -4.08. The Labute approximate surface area is 165 Å². The smallest absolute Gasteiger partial charge is 0.326 e. The number of imide groups is 1. The Morgan fingerprint density at radius 2 is 1.48 bits per heavy atom. The van der Waals surface area contributed by atoms with E-state index in [0.717, 1.165) is 4.90 Å². The van der Waals surface area contributed by atoms with Gasteiger partial charge in [-0.15, -0.1) is 0 Å². The van der Waals surface area contributed by atoms with Gasteiger partial charge in [-0.2, -0.15) is 0 Å². The average molecular weight is 416 g/mol. The largest absolute Gasteiger partial charge is 0.351 e. The Balaban J connectivity index is 1.59. The van der Waals surface area contributed by atoms with Crippen molar-refractivity contribution in [3.8, 4) is 0 Å². The van der Waals surface area contributed by atoms with Crippen LogP contribution in [-0.4, -0.2) is 43.6 Å². The number of hydrogen-bond donors (Lipinski definition) is 3. The number of amides is 5. The van der Waals surface area contributed by atoms with Gasteiger partial charge < -0.3 is 11.1 Å². The molecule has 5 amide bonds. The lowest BCUT2D eigenvalue weighted by Crippen LogP contribution is -2.34. The summed E-state index contributed by atoms with van der Waals surface area (Å²) in [6, 6.07) is 10.2. The van der Waals surface area contributed by atoms with Crippen LogP contribution in [0.1, 0.15) is 27.1 Å². The highest BCUT2D eigenvalue weighted by molar-refractivity contribution is 7.90. The molecule has 2 aromatic carbocycles. The van der Waals surface area contributed by atoms with Crippen molar-refractivity contribution in [3.05, 3.63) is 59.7 Å². The first-order valence-corrected chi connectivity index (χ1v) is 9.85. The summed E-state index contributed by atoms with van der Waals surface area (Å²) in [5.74, 6) is -1.36. The van der Waals surface area contributed by atoms with Crippen LogP contribution in [0.5, 0.6) is 0 Å². The van der Waals surface area contributed by atoms with Gasteiger partial charge in [-0.25, -0.2) is 17.9 Å². The van der Waals surface area contributed by atoms with E-state index < -0.39 is 33.8 Å². The van der Waals surface area contributed by atoms with E-state index in [2.05, 4.69) is 5.32 Å². The Bertz CT molecular complexity index is 1080. The maximum atomic E-state index is 12.3. The van der Waals surface area contributed by atoms with Crippen molar-refractivity contribution in [2.24, 2.45) is 5.73 Å². The van der Waals surface area contributed by atoms with E-state index in [1.165, 1.54) is 24.3 Å². The van der Waals surface area contributed by atoms with Gasteiger partial charge in [0, 0.05) is 18.7 Å². The SMILES string of the molecule is NC(=O)NS(=O)(=O)c1ccc(NC(=O)CCN2C(=O)c3ccccc3C2=O)cc1. The highest BCUT2D eigenvalue weighted by atomic mass is 32.2. The standard InChI is InChI=1S/C18H16N4O6S/c19-18(26)21-29(27,28)12-7-5-11(6-8-12)20-15(23)9-10-22-16(24)13-3-1-2-4-14(13)17(22)25/h1-8H,9-10H2,(H,20,23)(H3,19,21,26). The fourth-order valence-electron chi connectivity index (χ4n) is 2.79. The molecule has 0 atom stereocenters. The predicted molar refractivity (Wildman–Crippen MR) is 101 cm³/mol. The molecule has 1 aliphatic heterocycles. The van der Waals surface area contributed by atoms with Gasteiger partial charge in [0.05, 0.1) is 16.0 Å². The molecule has 10 nitrogen and oxygen atoms in total. The maximum absolute atomic E-state index is 12.3. The van der Waals surface area contributed by atoms with Gasteiger partial charge in [-0.3, -0.25) is 19.3 Å². The number of primary amides is 1. The number of urea groups is 1. The molecule has 0 aromatic heterocycles. The van der Waals surface area contributed by atoms with Gasteiger partial charge >= 0.3 is 6.03 Å². The number of hydrogen-bond acceptors (Lipinski definition) is 6. The monoisotopic (exact) mass is 416 g/mol. The first-order valence-electron chi connectivity index (χ1n) is 8.36. The zero-order valence-electron chi connectivity index (χ0n) is 14.9. The van der Waals surface area contributed by atoms with Crippen LogP contribution in [0, 0.1) is 0 Å². The van der Waals surface area contributed by atoms with Crippen LogP contribution < -0.4 is 15.8 Å². The molecular weight excluding hydrogens is 400 g/mol. The van der Waals surface area contributed by atoms with Gasteiger partial charge in [0.25, 0.3) is 21.8 Å². The summed E-state index contributed by atoms with van der Waals surface area (Å²) in [5.41, 5.74) is 5.72. The van der Waals surface area contributed by atoms with Crippen molar-refractivity contribution in [1.82, 2.24) is 9.62 Å². The van der Waals surface area contributed by atoms with Gasteiger partial charge in [0.15, 0.2) is 0 Å². The van der Waals surface area contributed by atoms with Crippen LogP contribution in [-0.2, 0) is 14.8 Å². The number of nitrogens with one attached hydrogen (secondary N) is 2. The van der Waals surface area contributed by atoms with Crippen LogP contribution in [0.25, 0.3) is 0 Å². The summed E-state index contributed by atoms with van der Waals surface area (Å²) >= 11 is 0. The van der Waals surface area contributed by atoms with Crippen LogP contribution >= 0.6 is 0 Å². The van der Waals surface area contributed by atoms with E-state index in [9.17, 15) is 27.6 Å². The van der Waals surface area contributed by atoms with Crippen molar-refractivity contribution in [1.29, 1.82) is 0 Å². The number of carbonyl (C=O) groups is 4. The molecule has 1 aliphatic rings. The van der Waals surface area contributed by atoms with E-state index in [0.29, 0.717) is 16.8 Å². The van der Waals surface area contributed by atoms with Gasteiger partial charge in [0.2, 0.25) is 5.91 Å². The fourth-order valence-corrected chi connectivity index (χ4v) is 3.66. The molecule has 0 spiro atoms. The van der Waals surface area contributed by atoms with Crippen molar-refractivity contribution < 1.29 is 27.6 Å². The molecule has 3 rings (SSSR count). The number of anilines is 1. The van der Waals surface area contributed by atoms with Gasteiger partial charge in [-0.1, -0.05) is 12.1 Å². The average Bonchev–Trinajstić information content (AvgIpc) is 2.90. The second kappa shape index (κ2) is 7.72. The Hall–Kier alpha value is -3.73. The lowest BCUT2D eigenvalue weighted by molar-refractivity contribution is -0.116. The number of rotatable bonds is 6. The molecule has 0 fully saturated rings. The number of fused-ring (bicyclic) bond motifs is 1. The molecule has 0 radical (unpaired) electrons. The predicted octanol–water partition coefficient (Wildman–Crippen LogP) is 0.668. The Morgan fingerprint density at radius 3 is 2.00 bits per heavy atom. The van der Waals surface area contributed by atoms with Crippen LogP contribution in [0.3, 0.4) is 0 Å². The summed E-state index contributed by atoms with van der Waals surface area (Å²) in [6.45, 7) is -0.0901. The molecule has 0 saturated heterocycles. The lowest BCUT2D eigenvalue weighted by atomic mass is 10.1. The molecule has 1 heterocycles. The molecule has 0 unspecified atom stereocenters. The number of nitrogens with two attached hydrogens (primary N) is 1. The summed E-state index contributed by atoms with van der Waals surface area (Å²) in [4.78, 5) is 48.2. The van der Waals surface area contributed by atoms with Gasteiger partial charge in [-0.05, 0) is 36.4 Å². The zero-order valence-corrected chi connectivity index (χ0v) is 15.7. The number of nitrogens with zero attached hydrogens (tertiary/aromatic N) is 1. The zero-order chi connectivity index (χ0) is 21.2. The topological polar surface area (TPSA) is 156 Å². The van der Waals surface area contributed by atoms with Crippen LogP contribution in [0.2, 0.25) is 0 Å². The highest BCUT2D eigenvalue weighted by Gasteiger charge is 2.34. The van der Waals surface area contributed by atoms with Crippen molar-refractivity contribution >= 4 is 39.5 Å². The quantitative estimate of drug-likeness (QED) is 0.588.